The molecule has 23 heavy (non-hydrogen) atoms. The largest absolute Gasteiger partial charge is 0.341 e. The van der Waals surface area contributed by atoms with Crippen LogP contribution in [0, 0.1) is 0 Å². The Bertz CT molecular complexity index is 706. The van der Waals surface area contributed by atoms with E-state index >= 15 is 0 Å². The third-order valence-corrected chi connectivity index (χ3v) is 4.89. The van der Waals surface area contributed by atoms with Gasteiger partial charge in [0.2, 0.25) is 5.91 Å². The van der Waals surface area contributed by atoms with Crippen molar-refractivity contribution in [1.29, 1.82) is 0 Å². The van der Waals surface area contributed by atoms with Crippen LogP contribution in [0.3, 0.4) is 0 Å². The van der Waals surface area contributed by atoms with Crippen LogP contribution in [0.25, 0.3) is 0 Å². The summed E-state index contributed by atoms with van der Waals surface area (Å²) in [6.45, 7) is 0. The van der Waals surface area contributed by atoms with Crippen molar-refractivity contribution in [1.82, 2.24) is 5.32 Å². The highest BCUT2D eigenvalue weighted by molar-refractivity contribution is 8.01. The van der Waals surface area contributed by atoms with Crippen molar-refractivity contribution in [3.63, 3.8) is 0 Å². The summed E-state index contributed by atoms with van der Waals surface area (Å²) in [4.78, 5) is 24.8. The Labute approximate surface area is 138 Å². The molecule has 0 aliphatic carbocycles. The summed E-state index contributed by atoms with van der Waals surface area (Å²) in [7, 11) is 1.56. The van der Waals surface area contributed by atoms with E-state index in [2.05, 4.69) is 22.0 Å². The van der Waals surface area contributed by atoms with Gasteiger partial charge in [-0.05, 0) is 42.3 Å². The molecule has 3 rings (SSSR count). The maximum atomic E-state index is 12.4. The molecule has 1 aliphatic heterocycles. The summed E-state index contributed by atoms with van der Waals surface area (Å²) in [6, 6.07) is 14.9. The maximum Gasteiger partial charge on any atom is 0.318 e. The molecule has 0 aromatic heterocycles. The van der Waals surface area contributed by atoms with Gasteiger partial charge in [0.15, 0.2) is 0 Å². The Hall–Kier alpha value is -2.47. The van der Waals surface area contributed by atoms with Crippen LogP contribution in [-0.4, -0.2) is 24.2 Å². The van der Waals surface area contributed by atoms with Crippen LogP contribution in [0.15, 0.2) is 53.4 Å². The molecule has 118 valence electrons. The Morgan fingerprint density at radius 1 is 1.00 bits per heavy atom. The number of urea groups is 1. The first-order valence-corrected chi connectivity index (χ1v) is 8.18. The number of anilines is 2. The Morgan fingerprint density at radius 2 is 1.65 bits per heavy atom. The molecular weight excluding hydrogens is 310 g/mol. The summed E-state index contributed by atoms with van der Waals surface area (Å²) in [5.74, 6) is -0.00166. The molecule has 0 spiro atoms. The van der Waals surface area contributed by atoms with Crippen LogP contribution in [0.2, 0.25) is 0 Å². The van der Waals surface area contributed by atoms with Crippen LogP contribution in [0.5, 0.6) is 0 Å². The average molecular weight is 327 g/mol. The number of thioether (sulfide) groups is 1. The van der Waals surface area contributed by atoms with Crippen LogP contribution in [0.1, 0.15) is 5.56 Å². The SMILES string of the molecule is CNC(=O)Nc1ccc(NC(=O)C2Cc3ccccc3S2)cc1. The summed E-state index contributed by atoms with van der Waals surface area (Å²) < 4.78 is 0. The number of amides is 3. The number of hydrogen-bond acceptors (Lipinski definition) is 3. The lowest BCUT2D eigenvalue weighted by Gasteiger charge is -2.11. The first kappa shape index (κ1) is 15.4. The molecular formula is C17H17N3O2S. The fraction of sp³-hybridized carbons (Fsp3) is 0.176. The van der Waals surface area contributed by atoms with Crippen molar-refractivity contribution in [3.05, 3.63) is 54.1 Å². The monoisotopic (exact) mass is 327 g/mol. The molecule has 1 atom stereocenters. The lowest BCUT2D eigenvalue weighted by molar-refractivity contribution is -0.115. The Balaban J connectivity index is 1.60. The fourth-order valence-electron chi connectivity index (χ4n) is 2.38. The predicted molar refractivity (Wildman–Crippen MR) is 92.9 cm³/mol. The van der Waals surface area contributed by atoms with Gasteiger partial charge in [-0.15, -0.1) is 11.8 Å². The summed E-state index contributed by atoms with van der Waals surface area (Å²) in [5, 5.41) is 7.98. The second-order valence-corrected chi connectivity index (χ2v) is 6.43. The van der Waals surface area contributed by atoms with Crippen molar-refractivity contribution in [2.45, 2.75) is 16.6 Å². The molecule has 3 N–H and O–H groups in total. The van der Waals surface area contributed by atoms with E-state index in [1.54, 1.807) is 43.1 Å². The average Bonchev–Trinajstić information content (AvgIpc) is 3.00. The molecule has 0 fully saturated rings. The number of carbonyl (C=O) groups excluding carboxylic acids is 2. The minimum Gasteiger partial charge on any atom is -0.341 e. The first-order chi connectivity index (χ1) is 11.2. The molecule has 0 radical (unpaired) electrons. The Kier molecular flexibility index (Phi) is 4.52. The number of rotatable bonds is 3. The predicted octanol–water partition coefficient (Wildman–Crippen LogP) is 3.09. The molecule has 0 saturated heterocycles. The molecule has 5 nitrogen and oxygen atoms in total. The van der Waals surface area contributed by atoms with Gasteiger partial charge in [0.1, 0.15) is 0 Å². The van der Waals surface area contributed by atoms with E-state index in [0.717, 1.165) is 6.42 Å². The van der Waals surface area contributed by atoms with Gasteiger partial charge in [-0.1, -0.05) is 18.2 Å². The smallest absolute Gasteiger partial charge is 0.318 e. The summed E-state index contributed by atoms with van der Waals surface area (Å²) in [6.07, 6.45) is 0.753. The van der Waals surface area contributed by atoms with Crippen molar-refractivity contribution in [2.24, 2.45) is 0 Å². The highest BCUT2D eigenvalue weighted by atomic mass is 32.2. The van der Waals surface area contributed by atoms with Crippen molar-refractivity contribution in [3.8, 4) is 0 Å². The molecule has 0 saturated carbocycles. The number of fused-ring (bicyclic) bond motifs is 1. The zero-order valence-corrected chi connectivity index (χ0v) is 13.4. The van der Waals surface area contributed by atoms with Gasteiger partial charge in [-0.25, -0.2) is 4.79 Å². The zero-order valence-electron chi connectivity index (χ0n) is 12.6. The topological polar surface area (TPSA) is 70.2 Å². The summed E-state index contributed by atoms with van der Waals surface area (Å²) in [5.41, 5.74) is 2.61. The molecule has 1 unspecified atom stereocenters. The lowest BCUT2D eigenvalue weighted by atomic mass is 10.1. The van der Waals surface area contributed by atoms with Gasteiger partial charge in [0, 0.05) is 23.3 Å². The van der Waals surface area contributed by atoms with Gasteiger partial charge in [0.25, 0.3) is 0 Å². The third kappa shape index (κ3) is 3.65. The van der Waals surface area contributed by atoms with E-state index in [4.69, 9.17) is 0 Å². The highest BCUT2D eigenvalue weighted by Gasteiger charge is 2.27. The number of benzene rings is 2. The quantitative estimate of drug-likeness (QED) is 0.811. The summed E-state index contributed by atoms with van der Waals surface area (Å²) >= 11 is 1.60. The second kappa shape index (κ2) is 6.75. The van der Waals surface area contributed by atoms with Gasteiger partial charge in [0.05, 0.1) is 5.25 Å². The highest BCUT2D eigenvalue weighted by Crippen LogP contribution is 2.37. The van der Waals surface area contributed by atoms with E-state index < -0.39 is 0 Å². The van der Waals surface area contributed by atoms with Gasteiger partial charge >= 0.3 is 6.03 Å². The van der Waals surface area contributed by atoms with Crippen LogP contribution in [-0.2, 0) is 11.2 Å². The van der Waals surface area contributed by atoms with Crippen molar-refractivity contribution >= 4 is 35.1 Å². The van der Waals surface area contributed by atoms with E-state index in [0.29, 0.717) is 11.4 Å². The van der Waals surface area contributed by atoms with E-state index in [-0.39, 0.29) is 17.2 Å². The van der Waals surface area contributed by atoms with E-state index in [9.17, 15) is 9.59 Å². The van der Waals surface area contributed by atoms with E-state index in [1.807, 2.05) is 18.2 Å². The number of carbonyl (C=O) groups is 2. The third-order valence-electron chi connectivity index (χ3n) is 3.58. The maximum absolute atomic E-state index is 12.4. The molecule has 2 aromatic carbocycles. The van der Waals surface area contributed by atoms with Gasteiger partial charge in [-0.2, -0.15) is 0 Å². The Morgan fingerprint density at radius 3 is 2.30 bits per heavy atom. The van der Waals surface area contributed by atoms with Gasteiger partial charge < -0.3 is 16.0 Å². The molecule has 1 aliphatic rings. The molecule has 6 heteroatoms. The van der Waals surface area contributed by atoms with Crippen molar-refractivity contribution < 1.29 is 9.59 Å². The fourth-order valence-corrected chi connectivity index (χ4v) is 3.58. The number of hydrogen-bond donors (Lipinski definition) is 3. The molecule has 2 aromatic rings. The molecule has 3 amide bonds. The van der Waals surface area contributed by atoms with Crippen LogP contribution >= 0.6 is 11.8 Å². The van der Waals surface area contributed by atoms with Crippen LogP contribution in [0.4, 0.5) is 16.2 Å². The number of nitrogens with one attached hydrogen (secondary N) is 3. The van der Waals surface area contributed by atoms with Crippen molar-refractivity contribution in [2.75, 3.05) is 17.7 Å². The lowest BCUT2D eigenvalue weighted by Crippen LogP contribution is -2.25. The minimum atomic E-state index is -0.276. The van der Waals surface area contributed by atoms with Crippen LogP contribution < -0.4 is 16.0 Å². The molecule has 1 heterocycles. The zero-order chi connectivity index (χ0) is 16.2. The normalized spacial score (nSPS) is 15.6. The second-order valence-electron chi connectivity index (χ2n) is 5.19. The standard InChI is InChI=1S/C17H17N3O2S/c1-18-17(22)20-13-8-6-12(7-9-13)19-16(21)15-10-11-4-2-3-5-14(11)23-15/h2-9,15H,10H2,1H3,(H,19,21)(H2,18,20,22). The van der Waals surface area contributed by atoms with Gasteiger partial charge in [-0.3, -0.25) is 4.79 Å². The molecule has 0 bridgehead atoms. The first-order valence-electron chi connectivity index (χ1n) is 7.30. The minimum absolute atomic E-state index is 0.00166. The van der Waals surface area contributed by atoms with E-state index in [1.165, 1.54) is 10.5 Å².